The van der Waals surface area contributed by atoms with Crippen LogP contribution in [0.25, 0.3) is 0 Å². The van der Waals surface area contributed by atoms with Crippen molar-refractivity contribution >= 4 is 11.3 Å². The van der Waals surface area contributed by atoms with E-state index in [9.17, 15) is 13.2 Å². The minimum Gasteiger partial charge on any atom is -0.246 e. The molecule has 1 aromatic rings. The lowest BCUT2D eigenvalue weighted by Crippen LogP contribution is -2.07. The van der Waals surface area contributed by atoms with Crippen LogP contribution >= 0.6 is 11.3 Å². The van der Waals surface area contributed by atoms with E-state index in [1.54, 1.807) is 20.8 Å². The topological polar surface area (TPSA) is 12.9 Å². The maximum Gasteiger partial charge on any atom is 0.427 e. The highest BCUT2D eigenvalue weighted by atomic mass is 32.1. The minimum atomic E-state index is -4.26. The largest absolute Gasteiger partial charge is 0.427 e. The molecule has 13 heavy (non-hydrogen) atoms. The molecule has 0 fully saturated rings. The van der Waals surface area contributed by atoms with E-state index >= 15 is 0 Å². The molecule has 0 amide bonds. The van der Waals surface area contributed by atoms with Gasteiger partial charge in [0.25, 0.3) is 0 Å². The van der Waals surface area contributed by atoms with Crippen molar-refractivity contribution in [3.63, 3.8) is 0 Å². The third-order valence-electron chi connectivity index (χ3n) is 1.56. The molecule has 0 radical (unpaired) electrons. The van der Waals surface area contributed by atoms with Crippen molar-refractivity contribution in [2.75, 3.05) is 0 Å². The molecule has 1 heterocycles. The fourth-order valence-corrected chi connectivity index (χ4v) is 1.98. The second kappa shape index (κ2) is 3.29. The van der Waals surface area contributed by atoms with Gasteiger partial charge in [0.15, 0.2) is 0 Å². The van der Waals surface area contributed by atoms with Crippen LogP contribution in [-0.2, 0) is 6.18 Å². The van der Waals surface area contributed by atoms with E-state index < -0.39 is 11.1 Å². The number of halogens is 3. The molecule has 1 nitrogen and oxygen atoms in total. The van der Waals surface area contributed by atoms with Crippen LogP contribution in [0, 0.1) is 6.92 Å². The molecular formula is C8H10F3NS. The Morgan fingerprint density at radius 2 is 1.85 bits per heavy atom. The van der Waals surface area contributed by atoms with Gasteiger partial charge in [-0.25, -0.2) is 4.98 Å². The molecule has 0 bridgehead atoms. The van der Waals surface area contributed by atoms with Gasteiger partial charge in [-0.2, -0.15) is 13.2 Å². The molecular weight excluding hydrogens is 199 g/mol. The first-order valence-electron chi connectivity index (χ1n) is 3.87. The number of alkyl halides is 3. The summed E-state index contributed by atoms with van der Waals surface area (Å²) >= 11 is 0.714. The second-order valence-corrected chi connectivity index (χ2v) is 4.30. The molecule has 0 saturated carbocycles. The van der Waals surface area contributed by atoms with E-state index in [4.69, 9.17) is 0 Å². The Bertz CT molecular complexity index is 301. The average molecular weight is 209 g/mol. The third-order valence-corrected chi connectivity index (χ3v) is 2.60. The zero-order chi connectivity index (χ0) is 10.2. The summed E-state index contributed by atoms with van der Waals surface area (Å²) in [6.07, 6.45) is -4.26. The van der Waals surface area contributed by atoms with Gasteiger partial charge in [0.05, 0.1) is 10.7 Å². The molecule has 5 heteroatoms. The average Bonchev–Trinajstić information content (AvgIpc) is 2.29. The Morgan fingerprint density at radius 3 is 2.15 bits per heavy atom. The van der Waals surface area contributed by atoms with E-state index in [0.29, 0.717) is 16.3 Å². The number of hydrogen-bond acceptors (Lipinski definition) is 2. The first-order chi connectivity index (χ1) is 5.82. The predicted octanol–water partition coefficient (Wildman–Crippen LogP) is 3.59. The summed E-state index contributed by atoms with van der Waals surface area (Å²) in [6.45, 7) is 5.01. The number of hydrogen-bond donors (Lipinski definition) is 0. The molecule has 0 unspecified atom stereocenters. The monoisotopic (exact) mass is 209 g/mol. The lowest BCUT2D eigenvalue weighted by atomic mass is 10.1. The number of rotatable bonds is 1. The molecule has 0 N–H and O–H groups in total. The van der Waals surface area contributed by atoms with Gasteiger partial charge in [-0.15, -0.1) is 11.3 Å². The van der Waals surface area contributed by atoms with Gasteiger partial charge in [0.2, 0.25) is 0 Å². The van der Waals surface area contributed by atoms with Gasteiger partial charge < -0.3 is 0 Å². The maximum atomic E-state index is 12.4. The Morgan fingerprint density at radius 1 is 1.31 bits per heavy atom. The first kappa shape index (κ1) is 10.5. The van der Waals surface area contributed by atoms with Crippen LogP contribution in [0.4, 0.5) is 13.2 Å². The quantitative estimate of drug-likeness (QED) is 0.688. The van der Waals surface area contributed by atoms with Crippen LogP contribution < -0.4 is 0 Å². The minimum absolute atomic E-state index is 0.162. The summed E-state index contributed by atoms with van der Waals surface area (Å²) in [5.41, 5.74) is 0.162. The Hall–Kier alpha value is -0.580. The standard InChI is InChI=1S/C8H10F3NS/c1-4(2)6-7(8(9,10)11)13-5(3)12-6/h4H,1-3H3. The number of aryl methyl sites for hydroxylation is 1. The Labute approximate surface area is 78.6 Å². The van der Waals surface area contributed by atoms with Gasteiger partial charge in [-0.05, 0) is 12.8 Å². The van der Waals surface area contributed by atoms with Gasteiger partial charge in [0.1, 0.15) is 4.88 Å². The summed E-state index contributed by atoms with van der Waals surface area (Å²) in [7, 11) is 0. The van der Waals surface area contributed by atoms with Crippen molar-refractivity contribution in [1.29, 1.82) is 0 Å². The van der Waals surface area contributed by atoms with Crippen LogP contribution in [0.15, 0.2) is 0 Å². The number of aromatic nitrogens is 1. The SMILES string of the molecule is Cc1nc(C(C)C)c(C(F)(F)F)s1. The molecule has 0 aliphatic carbocycles. The predicted molar refractivity (Wildman–Crippen MR) is 45.9 cm³/mol. The molecule has 1 rings (SSSR count). The van der Waals surface area contributed by atoms with Crippen molar-refractivity contribution in [1.82, 2.24) is 4.98 Å². The summed E-state index contributed by atoms with van der Waals surface area (Å²) in [6, 6.07) is 0. The van der Waals surface area contributed by atoms with Gasteiger partial charge in [-0.1, -0.05) is 13.8 Å². The Kier molecular flexibility index (Phi) is 2.66. The summed E-state index contributed by atoms with van der Waals surface area (Å²) < 4.78 is 37.2. The highest BCUT2D eigenvalue weighted by molar-refractivity contribution is 7.11. The molecule has 0 saturated heterocycles. The summed E-state index contributed by atoms with van der Waals surface area (Å²) in [5, 5.41) is 0.469. The van der Waals surface area contributed by atoms with Crippen LogP contribution in [0.1, 0.15) is 35.3 Å². The van der Waals surface area contributed by atoms with Gasteiger partial charge >= 0.3 is 6.18 Å². The number of thiazole rings is 1. The van der Waals surface area contributed by atoms with E-state index in [1.165, 1.54) is 0 Å². The highest BCUT2D eigenvalue weighted by Crippen LogP contribution is 2.38. The Balaban J connectivity index is 3.20. The summed E-state index contributed by atoms with van der Waals surface area (Å²) in [5.74, 6) is -0.179. The van der Waals surface area contributed by atoms with Gasteiger partial charge in [-0.3, -0.25) is 0 Å². The zero-order valence-corrected chi connectivity index (χ0v) is 8.38. The second-order valence-electron chi connectivity index (χ2n) is 3.10. The van der Waals surface area contributed by atoms with Crippen LogP contribution in [0.2, 0.25) is 0 Å². The lowest BCUT2D eigenvalue weighted by molar-refractivity contribution is -0.135. The molecule has 1 aromatic heterocycles. The van der Waals surface area contributed by atoms with E-state index in [2.05, 4.69) is 4.98 Å². The van der Waals surface area contributed by atoms with E-state index in [0.717, 1.165) is 0 Å². The fourth-order valence-electron chi connectivity index (χ4n) is 1.04. The number of nitrogens with zero attached hydrogens (tertiary/aromatic N) is 1. The van der Waals surface area contributed by atoms with Gasteiger partial charge in [0, 0.05) is 0 Å². The highest BCUT2D eigenvalue weighted by Gasteiger charge is 2.37. The van der Waals surface area contributed by atoms with E-state index in [-0.39, 0.29) is 11.6 Å². The molecule has 0 spiro atoms. The van der Waals surface area contributed by atoms with Crippen molar-refractivity contribution < 1.29 is 13.2 Å². The smallest absolute Gasteiger partial charge is 0.246 e. The van der Waals surface area contributed by atoms with Crippen molar-refractivity contribution in [2.45, 2.75) is 32.9 Å². The van der Waals surface area contributed by atoms with Crippen LogP contribution in [0.3, 0.4) is 0 Å². The molecule has 74 valence electrons. The molecule has 0 aliphatic rings. The molecule has 0 aliphatic heterocycles. The van der Waals surface area contributed by atoms with Crippen molar-refractivity contribution in [2.24, 2.45) is 0 Å². The van der Waals surface area contributed by atoms with E-state index in [1.807, 2.05) is 0 Å². The normalized spacial score (nSPS) is 12.5. The maximum absolute atomic E-state index is 12.4. The van der Waals surface area contributed by atoms with Crippen molar-refractivity contribution in [3.05, 3.63) is 15.6 Å². The molecule has 0 aromatic carbocycles. The fraction of sp³-hybridized carbons (Fsp3) is 0.625. The first-order valence-corrected chi connectivity index (χ1v) is 4.68. The van der Waals surface area contributed by atoms with Crippen molar-refractivity contribution in [3.8, 4) is 0 Å². The summed E-state index contributed by atoms with van der Waals surface area (Å²) in [4.78, 5) is 3.32. The van der Waals surface area contributed by atoms with Crippen LogP contribution in [-0.4, -0.2) is 4.98 Å². The lowest BCUT2D eigenvalue weighted by Gasteiger charge is -2.07. The zero-order valence-electron chi connectivity index (χ0n) is 7.57. The third kappa shape index (κ3) is 2.21. The van der Waals surface area contributed by atoms with Crippen LogP contribution in [0.5, 0.6) is 0 Å². The molecule has 0 atom stereocenters.